The number of hydrogen-bond donors (Lipinski definition) is 1. The van der Waals surface area contributed by atoms with Crippen molar-refractivity contribution in [1.29, 1.82) is 0 Å². The van der Waals surface area contributed by atoms with Crippen LogP contribution in [0.15, 0.2) is 60.0 Å². The second-order valence-corrected chi connectivity index (χ2v) is 7.83. The summed E-state index contributed by atoms with van der Waals surface area (Å²) in [6, 6.07) is 18.3. The number of carbonyl (C=O) groups excluding carboxylic acids is 2. The Hall–Kier alpha value is -2.66. The molecule has 1 fully saturated rings. The maximum Gasteiger partial charge on any atom is 0.242 e. The lowest BCUT2D eigenvalue weighted by atomic mass is 10.0. The lowest BCUT2D eigenvalue weighted by Crippen LogP contribution is -2.40. The van der Waals surface area contributed by atoms with Gasteiger partial charge in [0, 0.05) is 11.4 Å². The van der Waals surface area contributed by atoms with E-state index < -0.39 is 0 Å². The number of nitrogens with one attached hydrogen (secondary N) is 1. The molecule has 2 heterocycles. The van der Waals surface area contributed by atoms with Gasteiger partial charge >= 0.3 is 0 Å². The largest absolute Gasteiger partial charge is 0.347 e. The molecule has 1 aromatic heterocycles. The van der Waals surface area contributed by atoms with Gasteiger partial charge in [-0.05, 0) is 40.6 Å². The van der Waals surface area contributed by atoms with Crippen molar-refractivity contribution in [3.63, 3.8) is 0 Å². The number of likely N-dealkylation sites (tertiary alicyclic amines) is 1. The maximum absolute atomic E-state index is 12.6. The van der Waals surface area contributed by atoms with E-state index in [4.69, 9.17) is 0 Å². The number of amides is 2. The van der Waals surface area contributed by atoms with Crippen LogP contribution in [0.5, 0.6) is 0 Å². The Balaban J connectivity index is 1.37. The third-order valence-corrected chi connectivity index (χ3v) is 6.09. The molecule has 0 bridgehead atoms. The van der Waals surface area contributed by atoms with Crippen LogP contribution >= 0.6 is 11.3 Å². The van der Waals surface area contributed by atoms with E-state index >= 15 is 0 Å². The topological polar surface area (TPSA) is 49.4 Å². The van der Waals surface area contributed by atoms with Crippen molar-refractivity contribution in [2.24, 2.45) is 0 Å². The van der Waals surface area contributed by atoms with Crippen LogP contribution in [0.2, 0.25) is 0 Å². The highest BCUT2D eigenvalue weighted by molar-refractivity contribution is 7.10. The molecule has 1 aliphatic rings. The predicted molar refractivity (Wildman–Crippen MR) is 109 cm³/mol. The fourth-order valence-electron chi connectivity index (χ4n) is 3.80. The Morgan fingerprint density at radius 2 is 1.93 bits per heavy atom. The molecule has 1 aliphatic heterocycles. The van der Waals surface area contributed by atoms with Crippen LogP contribution in [-0.4, -0.2) is 29.8 Å². The lowest BCUT2D eigenvalue weighted by Gasteiger charge is -2.24. The van der Waals surface area contributed by atoms with Gasteiger partial charge in [-0.3, -0.25) is 9.59 Å². The van der Waals surface area contributed by atoms with Crippen LogP contribution in [-0.2, 0) is 16.0 Å². The van der Waals surface area contributed by atoms with Gasteiger partial charge in [0.1, 0.15) is 0 Å². The van der Waals surface area contributed by atoms with Crippen LogP contribution < -0.4 is 5.32 Å². The van der Waals surface area contributed by atoms with Crippen molar-refractivity contribution in [1.82, 2.24) is 10.2 Å². The first-order valence-electron chi connectivity index (χ1n) is 9.28. The third-order valence-electron chi connectivity index (χ3n) is 5.11. The van der Waals surface area contributed by atoms with Crippen LogP contribution in [0.1, 0.15) is 29.3 Å². The Morgan fingerprint density at radius 3 is 2.78 bits per heavy atom. The number of hydrogen-bond acceptors (Lipinski definition) is 3. The molecule has 0 spiro atoms. The number of rotatable bonds is 5. The van der Waals surface area contributed by atoms with E-state index in [9.17, 15) is 9.59 Å². The summed E-state index contributed by atoms with van der Waals surface area (Å²) in [5.41, 5.74) is 0.982. The minimum absolute atomic E-state index is 0.00262. The van der Waals surface area contributed by atoms with Crippen molar-refractivity contribution in [2.45, 2.75) is 25.3 Å². The van der Waals surface area contributed by atoms with Crippen molar-refractivity contribution in [3.8, 4) is 0 Å². The molecule has 0 aliphatic carbocycles. The molecule has 2 aromatic carbocycles. The highest BCUT2D eigenvalue weighted by Gasteiger charge is 2.30. The first-order chi connectivity index (χ1) is 13.2. The summed E-state index contributed by atoms with van der Waals surface area (Å²) in [6.45, 7) is 0.825. The summed E-state index contributed by atoms with van der Waals surface area (Å²) in [5.74, 6) is -0.122. The number of carbonyl (C=O) groups is 2. The average molecular weight is 378 g/mol. The van der Waals surface area contributed by atoms with E-state index in [1.54, 1.807) is 11.3 Å². The van der Waals surface area contributed by atoms with E-state index in [-0.39, 0.29) is 30.8 Å². The molecule has 2 amide bonds. The van der Waals surface area contributed by atoms with E-state index in [1.807, 2.05) is 58.8 Å². The molecule has 0 saturated carbocycles. The van der Waals surface area contributed by atoms with E-state index in [0.29, 0.717) is 0 Å². The van der Waals surface area contributed by atoms with Crippen LogP contribution in [0.25, 0.3) is 10.8 Å². The molecule has 1 atom stereocenters. The van der Waals surface area contributed by atoms with Crippen molar-refractivity contribution < 1.29 is 9.59 Å². The van der Waals surface area contributed by atoms with Gasteiger partial charge in [0.2, 0.25) is 11.8 Å². The number of thiophene rings is 1. The number of nitrogens with zero attached hydrogens (tertiary/aromatic N) is 1. The average Bonchev–Trinajstić information content (AvgIpc) is 3.37. The molecular weight excluding hydrogens is 356 g/mol. The Labute approximate surface area is 162 Å². The molecule has 1 unspecified atom stereocenters. The molecule has 1 N–H and O–H groups in total. The molecule has 0 radical (unpaired) electrons. The first kappa shape index (κ1) is 17.7. The monoisotopic (exact) mass is 378 g/mol. The molecule has 27 heavy (non-hydrogen) atoms. The highest BCUT2D eigenvalue weighted by Crippen LogP contribution is 2.34. The lowest BCUT2D eigenvalue weighted by molar-refractivity contribution is -0.133. The van der Waals surface area contributed by atoms with Crippen LogP contribution in [0.4, 0.5) is 0 Å². The van der Waals surface area contributed by atoms with Crippen molar-refractivity contribution in [3.05, 3.63) is 70.4 Å². The van der Waals surface area contributed by atoms with Gasteiger partial charge in [-0.15, -0.1) is 11.3 Å². The molecule has 3 aromatic rings. The van der Waals surface area contributed by atoms with Gasteiger partial charge in [-0.2, -0.15) is 0 Å². The normalized spacial score (nSPS) is 16.6. The summed E-state index contributed by atoms with van der Waals surface area (Å²) in [6.07, 6.45) is 2.29. The zero-order valence-electron chi connectivity index (χ0n) is 15.1. The van der Waals surface area contributed by atoms with Crippen LogP contribution in [0.3, 0.4) is 0 Å². The minimum atomic E-state index is -0.119. The second kappa shape index (κ2) is 7.92. The van der Waals surface area contributed by atoms with Gasteiger partial charge in [-0.25, -0.2) is 0 Å². The van der Waals surface area contributed by atoms with E-state index in [1.165, 1.54) is 4.88 Å². The number of fused-ring (bicyclic) bond motifs is 1. The molecule has 138 valence electrons. The Morgan fingerprint density at radius 1 is 1.07 bits per heavy atom. The second-order valence-electron chi connectivity index (χ2n) is 6.85. The van der Waals surface area contributed by atoms with E-state index in [2.05, 4.69) is 11.4 Å². The Kier molecular flexibility index (Phi) is 5.21. The van der Waals surface area contributed by atoms with Gasteiger partial charge in [-0.1, -0.05) is 48.5 Å². The van der Waals surface area contributed by atoms with Gasteiger partial charge in [0.25, 0.3) is 0 Å². The molecule has 4 nitrogen and oxygen atoms in total. The van der Waals surface area contributed by atoms with Gasteiger partial charge in [0.15, 0.2) is 0 Å². The SMILES string of the molecule is O=C(Cc1cccc2ccccc12)NCC(=O)N1CCCC1c1cccs1. The smallest absolute Gasteiger partial charge is 0.242 e. The Bertz CT molecular complexity index is 947. The van der Waals surface area contributed by atoms with Crippen molar-refractivity contribution >= 4 is 33.9 Å². The standard InChI is InChI=1S/C22H22N2O2S/c25-21(14-17-8-3-7-16-6-1-2-9-18(16)17)23-15-22(26)24-12-4-10-19(24)20-11-5-13-27-20/h1-3,5-9,11,13,19H,4,10,12,14-15H2,(H,23,25). The summed E-state index contributed by atoms with van der Waals surface area (Å²) < 4.78 is 0. The molecule has 1 saturated heterocycles. The molecule has 5 heteroatoms. The molecule has 4 rings (SSSR count). The summed E-state index contributed by atoms with van der Waals surface area (Å²) >= 11 is 1.69. The van der Waals surface area contributed by atoms with Gasteiger partial charge < -0.3 is 10.2 Å². The highest BCUT2D eigenvalue weighted by atomic mass is 32.1. The van der Waals surface area contributed by atoms with Crippen LogP contribution in [0, 0.1) is 0 Å². The van der Waals surface area contributed by atoms with E-state index in [0.717, 1.165) is 35.7 Å². The first-order valence-corrected chi connectivity index (χ1v) is 10.2. The maximum atomic E-state index is 12.6. The summed E-state index contributed by atoms with van der Waals surface area (Å²) in [4.78, 5) is 28.2. The number of benzene rings is 2. The minimum Gasteiger partial charge on any atom is -0.347 e. The fourth-order valence-corrected chi connectivity index (χ4v) is 4.67. The van der Waals surface area contributed by atoms with Crippen molar-refractivity contribution in [2.75, 3.05) is 13.1 Å². The fraction of sp³-hybridized carbons (Fsp3) is 0.273. The summed E-state index contributed by atoms with van der Waals surface area (Å²) in [7, 11) is 0. The summed E-state index contributed by atoms with van der Waals surface area (Å²) in [5, 5.41) is 7.06. The predicted octanol–water partition coefficient (Wildman–Crippen LogP) is 3.92. The third kappa shape index (κ3) is 3.88. The molecular formula is C22H22N2O2S. The zero-order chi connectivity index (χ0) is 18.6. The zero-order valence-corrected chi connectivity index (χ0v) is 15.9. The quantitative estimate of drug-likeness (QED) is 0.731. The van der Waals surface area contributed by atoms with Gasteiger partial charge in [0.05, 0.1) is 19.0 Å².